The fourth-order valence-corrected chi connectivity index (χ4v) is 4.97. The van der Waals surface area contributed by atoms with Crippen molar-refractivity contribution in [3.8, 4) is 28.4 Å². The molecule has 0 atom stereocenters. The van der Waals surface area contributed by atoms with Gasteiger partial charge in [-0.05, 0) is 46.5 Å². The first kappa shape index (κ1) is 15.5. The monoisotopic (exact) mass is 362 g/mol. The maximum atomic E-state index is 6.31. The fraction of sp³-hybridized carbons (Fsp3) is 0.0769. The second-order valence-corrected chi connectivity index (χ2v) is 7.30. The highest BCUT2D eigenvalue weighted by Crippen LogP contribution is 2.62. The summed E-state index contributed by atoms with van der Waals surface area (Å²) in [6.45, 7) is 0. The molecule has 134 valence electrons. The average Bonchev–Trinajstić information content (AvgIpc) is 3.05. The van der Waals surface area contributed by atoms with E-state index in [0.29, 0.717) is 0 Å². The highest BCUT2D eigenvalue weighted by Gasteiger charge is 2.50. The summed E-state index contributed by atoms with van der Waals surface area (Å²) in [7, 11) is 1.72. The van der Waals surface area contributed by atoms with E-state index in [1.165, 1.54) is 33.4 Å². The molecule has 0 fully saturated rings. The normalized spacial score (nSPS) is 14.5. The number of rotatable bonds is 1. The molecule has 1 aliphatic carbocycles. The van der Waals surface area contributed by atoms with Crippen LogP contribution in [-0.4, -0.2) is 7.11 Å². The molecule has 0 amide bonds. The Hall–Kier alpha value is -3.52. The van der Waals surface area contributed by atoms with Gasteiger partial charge in [-0.2, -0.15) is 0 Å². The molecule has 0 N–H and O–H groups in total. The smallest absolute Gasteiger partial charge is 0.132 e. The molecule has 1 spiro atoms. The molecule has 2 nitrogen and oxygen atoms in total. The van der Waals surface area contributed by atoms with Crippen LogP contribution in [-0.2, 0) is 5.41 Å². The molecule has 0 bridgehead atoms. The zero-order chi connectivity index (χ0) is 18.7. The third-order valence-corrected chi connectivity index (χ3v) is 6.05. The van der Waals surface area contributed by atoms with Crippen molar-refractivity contribution < 1.29 is 9.47 Å². The maximum absolute atomic E-state index is 6.31. The van der Waals surface area contributed by atoms with Crippen LogP contribution in [0.4, 0.5) is 0 Å². The lowest BCUT2D eigenvalue weighted by Gasteiger charge is -2.39. The highest BCUT2D eigenvalue weighted by atomic mass is 16.5. The quantitative estimate of drug-likeness (QED) is 0.348. The van der Waals surface area contributed by atoms with Gasteiger partial charge in [0.05, 0.1) is 12.5 Å². The van der Waals surface area contributed by atoms with Crippen molar-refractivity contribution in [1.82, 2.24) is 0 Å². The number of ether oxygens (including phenoxy) is 2. The number of methoxy groups -OCH3 is 1. The van der Waals surface area contributed by atoms with Crippen LogP contribution in [0.15, 0.2) is 91.0 Å². The molecule has 0 aromatic heterocycles. The summed E-state index contributed by atoms with van der Waals surface area (Å²) < 4.78 is 11.9. The molecular formula is C26H18O2. The molecule has 6 rings (SSSR count). The topological polar surface area (TPSA) is 18.5 Å². The van der Waals surface area contributed by atoms with Gasteiger partial charge in [0.15, 0.2) is 0 Å². The Morgan fingerprint density at radius 2 is 1.18 bits per heavy atom. The van der Waals surface area contributed by atoms with Crippen molar-refractivity contribution in [2.45, 2.75) is 5.41 Å². The van der Waals surface area contributed by atoms with Gasteiger partial charge in [0, 0.05) is 11.1 Å². The first-order valence-electron chi connectivity index (χ1n) is 9.49. The van der Waals surface area contributed by atoms with Gasteiger partial charge in [0.1, 0.15) is 17.2 Å². The van der Waals surface area contributed by atoms with E-state index < -0.39 is 0 Å². The summed E-state index contributed by atoms with van der Waals surface area (Å²) in [5, 5.41) is 0. The molecule has 4 aromatic rings. The number of hydrogen-bond donors (Lipinski definition) is 0. The van der Waals surface area contributed by atoms with Crippen LogP contribution in [0.1, 0.15) is 22.3 Å². The maximum Gasteiger partial charge on any atom is 0.132 e. The van der Waals surface area contributed by atoms with Crippen molar-refractivity contribution >= 4 is 0 Å². The lowest BCUT2D eigenvalue weighted by molar-refractivity contribution is 0.414. The molecule has 0 saturated heterocycles. The van der Waals surface area contributed by atoms with Crippen molar-refractivity contribution in [2.75, 3.05) is 7.11 Å². The zero-order valence-corrected chi connectivity index (χ0v) is 15.5. The van der Waals surface area contributed by atoms with E-state index in [9.17, 15) is 0 Å². The van der Waals surface area contributed by atoms with Gasteiger partial charge in [-0.3, -0.25) is 0 Å². The molecule has 0 saturated carbocycles. The zero-order valence-electron chi connectivity index (χ0n) is 15.5. The van der Waals surface area contributed by atoms with Crippen LogP contribution in [0.5, 0.6) is 17.2 Å². The Morgan fingerprint density at radius 1 is 0.607 bits per heavy atom. The second-order valence-electron chi connectivity index (χ2n) is 7.30. The van der Waals surface area contributed by atoms with Gasteiger partial charge in [-0.15, -0.1) is 0 Å². The van der Waals surface area contributed by atoms with Crippen LogP contribution < -0.4 is 9.47 Å². The van der Waals surface area contributed by atoms with Gasteiger partial charge in [0.25, 0.3) is 0 Å². The summed E-state index contributed by atoms with van der Waals surface area (Å²) in [6.07, 6.45) is 0. The van der Waals surface area contributed by atoms with Crippen LogP contribution in [0.3, 0.4) is 0 Å². The van der Waals surface area contributed by atoms with Crippen LogP contribution in [0, 0.1) is 0 Å². The molecule has 28 heavy (non-hydrogen) atoms. The van der Waals surface area contributed by atoms with E-state index in [4.69, 9.17) is 9.47 Å². The predicted octanol–water partition coefficient (Wildman–Crippen LogP) is 6.16. The Morgan fingerprint density at radius 3 is 1.86 bits per heavy atom. The van der Waals surface area contributed by atoms with E-state index >= 15 is 0 Å². The van der Waals surface area contributed by atoms with Crippen LogP contribution in [0.25, 0.3) is 11.1 Å². The molecular weight excluding hydrogens is 344 g/mol. The molecule has 4 aromatic carbocycles. The van der Waals surface area contributed by atoms with Gasteiger partial charge >= 0.3 is 0 Å². The standard InChI is InChI=1S/C26H18O2/c1-27-17-14-15-21-19(16-17)18-8-2-3-9-20(18)26(21)22-10-4-6-12-24(22)28-25-13-7-5-11-23(25)26/h2-16H,1H3. The summed E-state index contributed by atoms with van der Waals surface area (Å²) >= 11 is 0. The van der Waals surface area contributed by atoms with Crippen LogP contribution >= 0.6 is 0 Å². The first-order valence-corrected chi connectivity index (χ1v) is 9.49. The Balaban J connectivity index is 1.83. The minimum Gasteiger partial charge on any atom is -0.497 e. The summed E-state index contributed by atoms with van der Waals surface area (Å²) in [4.78, 5) is 0. The second kappa shape index (κ2) is 5.49. The van der Waals surface area contributed by atoms with E-state index in [1.807, 2.05) is 12.1 Å². The predicted molar refractivity (Wildman–Crippen MR) is 110 cm³/mol. The van der Waals surface area contributed by atoms with E-state index in [1.54, 1.807) is 7.11 Å². The number of para-hydroxylation sites is 2. The lowest BCUT2D eigenvalue weighted by atomic mass is 9.66. The van der Waals surface area contributed by atoms with E-state index in [-0.39, 0.29) is 5.41 Å². The van der Waals surface area contributed by atoms with Gasteiger partial charge < -0.3 is 9.47 Å². The molecule has 0 radical (unpaired) electrons. The lowest BCUT2D eigenvalue weighted by Crippen LogP contribution is -2.32. The summed E-state index contributed by atoms with van der Waals surface area (Å²) in [5.41, 5.74) is 7.03. The molecule has 1 heterocycles. The number of benzene rings is 4. The van der Waals surface area contributed by atoms with Gasteiger partial charge in [-0.1, -0.05) is 66.7 Å². The fourth-order valence-electron chi connectivity index (χ4n) is 4.97. The largest absolute Gasteiger partial charge is 0.497 e. The Bertz CT molecular complexity index is 1190. The average molecular weight is 362 g/mol. The molecule has 1 aliphatic heterocycles. The minimum atomic E-state index is -0.385. The van der Waals surface area contributed by atoms with Crippen molar-refractivity contribution in [2.24, 2.45) is 0 Å². The molecule has 0 unspecified atom stereocenters. The first-order chi connectivity index (χ1) is 13.8. The summed E-state index contributed by atoms with van der Waals surface area (Å²) in [5.74, 6) is 2.71. The molecule has 2 aliphatic rings. The van der Waals surface area contributed by atoms with E-state index in [0.717, 1.165) is 17.2 Å². The van der Waals surface area contributed by atoms with Gasteiger partial charge in [0.2, 0.25) is 0 Å². The highest BCUT2D eigenvalue weighted by molar-refractivity contribution is 5.88. The third-order valence-electron chi connectivity index (χ3n) is 6.05. The molecule has 2 heteroatoms. The third kappa shape index (κ3) is 1.77. The minimum absolute atomic E-state index is 0.385. The Labute approximate surface area is 164 Å². The van der Waals surface area contributed by atoms with Crippen LogP contribution in [0.2, 0.25) is 0 Å². The summed E-state index contributed by atoms with van der Waals surface area (Å²) in [6, 6.07) is 31.9. The van der Waals surface area contributed by atoms with Gasteiger partial charge in [-0.25, -0.2) is 0 Å². The Kier molecular flexibility index (Phi) is 3.05. The van der Waals surface area contributed by atoms with Crippen molar-refractivity contribution in [3.63, 3.8) is 0 Å². The number of hydrogen-bond acceptors (Lipinski definition) is 2. The van der Waals surface area contributed by atoms with Crippen molar-refractivity contribution in [1.29, 1.82) is 0 Å². The van der Waals surface area contributed by atoms with E-state index in [2.05, 4.69) is 78.9 Å². The SMILES string of the molecule is COc1ccc2c(c1)-c1ccccc1C21c2ccccc2Oc2ccccc21. The van der Waals surface area contributed by atoms with Crippen molar-refractivity contribution in [3.05, 3.63) is 113 Å². The number of fused-ring (bicyclic) bond motifs is 9.